The number of sulfonamides is 1. The van der Waals surface area contributed by atoms with Crippen molar-refractivity contribution in [2.45, 2.75) is 85.9 Å². The lowest BCUT2D eigenvalue weighted by molar-refractivity contribution is -0.141. The molecule has 0 heterocycles. The van der Waals surface area contributed by atoms with Crippen LogP contribution < -0.4 is 9.62 Å². The Labute approximate surface area is 223 Å². The van der Waals surface area contributed by atoms with Gasteiger partial charge in [0.05, 0.1) is 11.9 Å². The number of hydrogen-bond donors (Lipinski definition) is 1. The summed E-state index contributed by atoms with van der Waals surface area (Å²) in [6, 6.07) is 12.8. The van der Waals surface area contributed by atoms with Crippen molar-refractivity contribution in [3.63, 3.8) is 0 Å². The number of carbonyl (C=O) groups is 2. The van der Waals surface area contributed by atoms with Gasteiger partial charge in [0.25, 0.3) is 0 Å². The molecule has 204 valence electrons. The summed E-state index contributed by atoms with van der Waals surface area (Å²) in [5.74, 6) is -0.324. The van der Waals surface area contributed by atoms with Crippen molar-refractivity contribution in [2.24, 2.45) is 0 Å². The van der Waals surface area contributed by atoms with E-state index >= 15 is 0 Å². The van der Waals surface area contributed by atoms with E-state index in [1.807, 2.05) is 77.9 Å². The number of amides is 2. The van der Waals surface area contributed by atoms with Crippen LogP contribution in [0.1, 0.15) is 68.7 Å². The molecule has 0 aliphatic heterocycles. The average molecular weight is 530 g/mol. The minimum absolute atomic E-state index is 0.0123. The number of nitrogens with zero attached hydrogens (tertiary/aromatic N) is 2. The maximum Gasteiger partial charge on any atom is 0.243 e. The van der Waals surface area contributed by atoms with Crippen LogP contribution in [0.4, 0.5) is 5.69 Å². The third-order valence-electron chi connectivity index (χ3n) is 6.92. The standard InChI is InChI=1S/C29H43N3O4S/c1-8-24(6)30-29(34)27(9-2)31(20-25-14-11-10-13-22(25)4)28(33)15-12-18-32(37(7,35)36)26-17-16-21(3)23(5)19-26/h10-11,13-14,16-17,19,24,27H,8-9,12,15,18,20H2,1-7H3,(H,30,34)/t24-,27+/m0/s1. The Bertz CT molecular complexity index is 1180. The van der Waals surface area contributed by atoms with Gasteiger partial charge in [-0.15, -0.1) is 0 Å². The first kappa shape index (κ1) is 30.4. The van der Waals surface area contributed by atoms with Crippen LogP contribution in [0.15, 0.2) is 42.5 Å². The van der Waals surface area contributed by atoms with Crippen molar-refractivity contribution in [3.8, 4) is 0 Å². The Hall–Kier alpha value is -2.87. The normalized spacial score (nSPS) is 13.1. The maximum atomic E-state index is 13.6. The lowest BCUT2D eigenvalue weighted by Gasteiger charge is -2.32. The third-order valence-corrected chi connectivity index (χ3v) is 8.11. The van der Waals surface area contributed by atoms with Crippen molar-refractivity contribution >= 4 is 27.5 Å². The van der Waals surface area contributed by atoms with E-state index in [0.717, 1.165) is 28.7 Å². The van der Waals surface area contributed by atoms with Crippen LogP contribution in [0.25, 0.3) is 0 Å². The van der Waals surface area contributed by atoms with E-state index in [4.69, 9.17) is 0 Å². The minimum Gasteiger partial charge on any atom is -0.352 e. The molecule has 0 radical (unpaired) electrons. The lowest BCUT2D eigenvalue weighted by atomic mass is 10.0. The molecular weight excluding hydrogens is 486 g/mol. The van der Waals surface area contributed by atoms with Gasteiger partial charge in [-0.1, -0.05) is 44.2 Å². The number of carbonyl (C=O) groups excluding carboxylic acids is 2. The summed E-state index contributed by atoms with van der Waals surface area (Å²) < 4.78 is 26.5. The van der Waals surface area contributed by atoms with Gasteiger partial charge in [-0.05, 0) is 81.3 Å². The van der Waals surface area contributed by atoms with Crippen LogP contribution in [-0.2, 0) is 26.2 Å². The van der Waals surface area contributed by atoms with E-state index in [9.17, 15) is 18.0 Å². The number of hydrogen-bond acceptors (Lipinski definition) is 4. The van der Waals surface area contributed by atoms with Gasteiger partial charge in [0.2, 0.25) is 21.8 Å². The first-order valence-corrected chi connectivity index (χ1v) is 14.9. The highest BCUT2D eigenvalue weighted by Gasteiger charge is 2.29. The molecule has 7 nitrogen and oxygen atoms in total. The molecule has 0 aromatic heterocycles. The molecular formula is C29H43N3O4S. The third kappa shape index (κ3) is 8.59. The minimum atomic E-state index is -3.53. The van der Waals surface area contributed by atoms with Crippen molar-refractivity contribution in [2.75, 3.05) is 17.1 Å². The Kier molecular flexibility index (Phi) is 11.2. The molecule has 8 heteroatoms. The predicted molar refractivity (Wildman–Crippen MR) is 151 cm³/mol. The van der Waals surface area contributed by atoms with E-state index in [0.29, 0.717) is 25.1 Å². The van der Waals surface area contributed by atoms with Crippen molar-refractivity contribution in [3.05, 3.63) is 64.7 Å². The molecule has 0 saturated heterocycles. The molecule has 0 saturated carbocycles. The fourth-order valence-corrected chi connectivity index (χ4v) is 5.17. The molecule has 0 aliphatic carbocycles. The van der Waals surface area contributed by atoms with Gasteiger partial charge in [0.1, 0.15) is 6.04 Å². The Morgan fingerprint density at radius 2 is 1.62 bits per heavy atom. The molecule has 0 aliphatic rings. The number of rotatable bonds is 13. The SMILES string of the molecule is CC[C@H](C(=O)N[C@@H](C)CC)N(Cc1ccccc1C)C(=O)CCCN(c1ccc(C)c(C)c1)S(C)(=O)=O. The van der Waals surface area contributed by atoms with Crippen LogP contribution in [0, 0.1) is 20.8 Å². The van der Waals surface area contributed by atoms with E-state index in [2.05, 4.69) is 5.32 Å². The summed E-state index contributed by atoms with van der Waals surface area (Å²) in [6.07, 6.45) is 2.94. The first-order chi connectivity index (χ1) is 17.4. The lowest BCUT2D eigenvalue weighted by Crippen LogP contribution is -2.50. The smallest absolute Gasteiger partial charge is 0.243 e. The van der Waals surface area contributed by atoms with Crippen LogP contribution in [0.2, 0.25) is 0 Å². The molecule has 0 unspecified atom stereocenters. The highest BCUT2D eigenvalue weighted by molar-refractivity contribution is 7.92. The molecule has 0 spiro atoms. The average Bonchev–Trinajstić information content (AvgIpc) is 2.83. The molecule has 2 aromatic carbocycles. The molecule has 0 bridgehead atoms. The Balaban J connectivity index is 2.25. The van der Waals surface area contributed by atoms with Crippen molar-refractivity contribution in [1.82, 2.24) is 10.2 Å². The van der Waals surface area contributed by atoms with Gasteiger partial charge in [-0.2, -0.15) is 0 Å². The molecule has 1 N–H and O–H groups in total. The molecule has 2 rings (SSSR count). The fraction of sp³-hybridized carbons (Fsp3) is 0.517. The molecule has 2 atom stereocenters. The zero-order chi connectivity index (χ0) is 27.8. The summed E-state index contributed by atoms with van der Waals surface area (Å²) in [6.45, 7) is 12.3. The Morgan fingerprint density at radius 3 is 2.19 bits per heavy atom. The number of anilines is 1. The summed E-state index contributed by atoms with van der Waals surface area (Å²) >= 11 is 0. The summed E-state index contributed by atoms with van der Waals surface area (Å²) in [4.78, 5) is 28.3. The topological polar surface area (TPSA) is 86.8 Å². The highest BCUT2D eigenvalue weighted by atomic mass is 32.2. The van der Waals surface area contributed by atoms with E-state index in [1.165, 1.54) is 10.6 Å². The van der Waals surface area contributed by atoms with Crippen molar-refractivity contribution in [1.29, 1.82) is 0 Å². The predicted octanol–water partition coefficient (Wildman–Crippen LogP) is 4.88. The van der Waals surface area contributed by atoms with Gasteiger partial charge in [0, 0.05) is 25.6 Å². The second kappa shape index (κ2) is 13.6. The van der Waals surface area contributed by atoms with Gasteiger partial charge in [-0.3, -0.25) is 13.9 Å². The zero-order valence-electron chi connectivity index (χ0n) is 23.4. The quantitative estimate of drug-likeness (QED) is 0.401. The molecule has 37 heavy (non-hydrogen) atoms. The maximum absolute atomic E-state index is 13.6. The molecule has 2 aromatic rings. The van der Waals surface area contributed by atoms with E-state index in [-0.39, 0.29) is 30.8 Å². The highest BCUT2D eigenvalue weighted by Crippen LogP contribution is 2.23. The second-order valence-corrected chi connectivity index (χ2v) is 11.8. The van der Waals surface area contributed by atoms with Crippen LogP contribution in [0.3, 0.4) is 0 Å². The van der Waals surface area contributed by atoms with E-state index in [1.54, 1.807) is 11.0 Å². The monoisotopic (exact) mass is 529 g/mol. The number of aryl methyl sites for hydroxylation is 3. The fourth-order valence-electron chi connectivity index (χ4n) is 4.22. The second-order valence-electron chi connectivity index (χ2n) is 9.90. The van der Waals surface area contributed by atoms with Gasteiger partial charge < -0.3 is 10.2 Å². The van der Waals surface area contributed by atoms with Crippen molar-refractivity contribution < 1.29 is 18.0 Å². The van der Waals surface area contributed by atoms with Gasteiger partial charge in [-0.25, -0.2) is 8.42 Å². The van der Waals surface area contributed by atoms with E-state index < -0.39 is 16.1 Å². The summed E-state index contributed by atoms with van der Waals surface area (Å²) in [5.41, 5.74) is 4.72. The summed E-state index contributed by atoms with van der Waals surface area (Å²) in [5, 5.41) is 3.02. The first-order valence-electron chi connectivity index (χ1n) is 13.1. The van der Waals surface area contributed by atoms with Crippen LogP contribution >= 0.6 is 0 Å². The molecule has 2 amide bonds. The number of nitrogens with one attached hydrogen (secondary N) is 1. The Morgan fingerprint density at radius 1 is 0.946 bits per heavy atom. The van der Waals surface area contributed by atoms with Gasteiger partial charge >= 0.3 is 0 Å². The summed E-state index contributed by atoms with van der Waals surface area (Å²) in [7, 11) is -3.53. The number of benzene rings is 2. The molecule has 0 fully saturated rings. The van der Waals surface area contributed by atoms with Crippen LogP contribution in [-0.4, -0.2) is 50.0 Å². The van der Waals surface area contributed by atoms with Gasteiger partial charge in [0.15, 0.2) is 0 Å². The zero-order valence-corrected chi connectivity index (χ0v) is 24.2. The largest absolute Gasteiger partial charge is 0.352 e. The van der Waals surface area contributed by atoms with Crippen LogP contribution in [0.5, 0.6) is 0 Å².